The van der Waals surface area contributed by atoms with Gasteiger partial charge in [0.05, 0.1) is 12.8 Å². The number of benzene rings is 1. The van der Waals surface area contributed by atoms with Crippen LogP contribution in [0.1, 0.15) is 40.0 Å². The van der Waals surface area contributed by atoms with Crippen LogP contribution in [0.2, 0.25) is 0 Å². The van der Waals surface area contributed by atoms with E-state index in [-0.39, 0.29) is 10.8 Å². The molecule has 0 fully saturated rings. The first-order chi connectivity index (χ1) is 10.3. The fourth-order valence-corrected chi connectivity index (χ4v) is 3.40. The molecular formula is C17H24O3S. The van der Waals surface area contributed by atoms with Crippen LogP contribution in [0.25, 0.3) is 0 Å². The van der Waals surface area contributed by atoms with Gasteiger partial charge in [-0.15, -0.1) is 0 Å². The van der Waals surface area contributed by atoms with Crippen LogP contribution in [-0.2, 0) is 14.3 Å². The van der Waals surface area contributed by atoms with Crippen LogP contribution < -0.4 is 0 Å². The van der Waals surface area contributed by atoms with Crippen LogP contribution in [-0.4, -0.2) is 15.0 Å². The van der Waals surface area contributed by atoms with Crippen LogP contribution in [0, 0.1) is 18.8 Å². The van der Waals surface area contributed by atoms with Gasteiger partial charge in [-0.3, -0.25) is 4.18 Å². The summed E-state index contributed by atoms with van der Waals surface area (Å²) in [5.74, 6) is 0.184. The third kappa shape index (κ3) is 4.42. The molecule has 0 bridgehead atoms. The fourth-order valence-electron chi connectivity index (χ4n) is 2.50. The van der Waals surface area contributed by atoms with E-state index in [0.717, 1.165) is 24.8 Å². The summed E-state index contributed by atoms with van der Waals surface area (Å²) in [6.07, 6.45) is 5.10. The molecule has 0 aliphatic heterocycles. The summed E-state index contributed by atoms with van der Waals surface area (Å²) in [5.41, 5.74) is 2.36. The van der Waals surface area contributed by atoms with E-state index >= 15 is 0 Å². The molecule has 3 nitrogen and oxygen atoms in total. The molecule has 21 heavy (non-hydrogen) atoms. The lowest BCUT2D eigenvalue weighted by Crippen LogP contribution is -2.21. The standard InChI is InChI=1S/C17H24O3S/c1-13-4-8-16(9-5-13)15(3)12-20-21(18,19)17-10-6-14(2)7-11-17/h4,6-7,10-11,15-16H,5,8-9,12H2,1-3H3/t15?,16-/m1/s1/i12T/t12?,15?,16-. The first-order valence-corrected chi connectivity index (χ1v) is 8.78. The third-order valence-corrected chi connectivity index (χ3v) is 5.34. The van der Waals surface area contributed by atoms with Crippen molar-refractivity contribution in [2.75, 3.05) is 6.58 Å². The van der Waals surface area contributed by atoms with E-state index in [9.17, 15) is 8.42 Å². The molecule has 0 N–H and O–H groups in total. The minimum absolute atomic E-state index is 0.113. The number of aryl methyl sites for hydroxylation is 1. The highest BCUT2D eigenvalue weighted by Crippen LogP contribution is 2.29. The first kappa shape index (κ1) is 14.8. The summed E-state index contributed by atoms with van der Waals surface area (Å²) in [4.78, 5) is 0.113. The van der Waals surface area contributed by atoms with Crippen LogP contribution in [0.3, 0.4) is 0 Å². The molecule has 0 saturated heterocycles. The van der Waals surface area contributed by atoms with Crippen molar-refractivity contribution >= 4 is 10.1 Å². The molecule has 0 radical (unpaired) electrons. The van der Waals surface area contributed by atoms with Crippen molar-refractivity contribution in [3.63, 3.8) is 0 Å². The maximum Gasteiger partial charge on any atom is 0.296 e. The number of rotatable bonds is 5. The minimum atomic E-state index is -3.87. The van der Waals surface area contributed by atoms with Gasteiger partial charge in [0.15, 0.2) is 0 Å². The van der Waals surface area contributed by atoms with E-state index in [1.165, 1.54) is 17.7 Å². The summed E-state index contributed by atoms with van der Waals surface area (Å²) in [5, 5.41) is 0. The summed E-state index contributed by atoms with van der Waals surface area (Å²) in [6, 6.07) is 6.50. The van der Waals surface area contributed by atoms with Crippen LogP contribution >= 0.6 is 0 Å². The maximum atomic E-state index is 12.2. The lowest BCUT2D eigenvalue weighted by molar-refractivity contribution is 0.202. The van der Waals surface area contributed by atoms with Gasteiger partial charge in [0.1, 0.15) is 0 Å². The van der Waals surface area contributed by atoms with Crippen molar-refractivity contribution in [1.29, 1.82) is 0 Å². The summed E-state index contributed by atoms with van der Waals surface area (Å²) < 4.78 is 37.7. The molecule has 0 aromatic heterocycles. The highest BCUT2D eigenvalue weighted by Gasteiger charge is 2.23. The van der Waals surface area contributed by atoms with Crippen LogP contribution in [0.4, 0.5) is 0 Å². The summed E-state index contributed by atoms with van der Waals surface area (Å²) >= 11 is 0. The second kappa shape index (κ2) is 6.75. The molecule has 2 rings (SSSR count). The van der Waals surface area contributed by atoms with Crippen molar-refractivity contribution in [1.82, 2.24) is 0 Å². The van der Waals surface area contributed by atoms with E-state index in [1.807, 2.05) is 13.8 Å². The zero-order valence-corrected chi connectivity index (χ0v) is 13.7. The topological polar surface area (TPSA) is 43.4 Å². The highest BCUT2D eigenvalue weighted by atomic mass is 32.2. The Morgan fingerprint density at radius 1 is 1.33 bits per heavy atom. The molecule has 0 amide bonds. The zero-order chi connectivity index (χ0) is 16.3. The maximum absolute atomic E-state index is 12.2. The van der Waals surface area contributed by atoms with E-state index in [0.29, 0.717) is 5.92 Å². The fraction of sp³-hybridized carbons (Fsp3) is 0.529. The molecule has 1 aromatic carbocycles. The molecule has 0 saturated carbocycles. The molecule has 116 valence electrons. The van der Waals surface area contributed by atoms with Crippen molar-refractivity contribution in [3.05, 3.63) is 41.5 Å². The SMILES string of the molecule is [3H]C(OS(=O)(=O)c1ccc(C)cc1)C(C)[C@@H]1CC=C(C)CC1. The highest BCUT2D eigenvalue weighted by molar-refractivity contribution is 7.86. The Balaban J connectivity index is 2.04. The van der Waals surface area contributed by atoms with Crippen molar-refractivity contribution < 1.29 is 14.0 Å². The second-order valence-electron chi connectivity index (χ2n) is 5.94. The number of allylic oxidation sites excluding steroid dienone is 2. The molecule has 1 aliphatic carbocycles. The smallest absolute Gasteiger partial charge is 0.266 e. The Morgan fingerprint density at radius 3 is 2.57 bits per heavy atom. The Hall–Kier alpha value is -1.13. The van der Waals surface area contributed by atoms with Crippen molar-refractivity contribution in [2.45, 2.75) is 44.9 Å². The van der Waals surface area contributed by atoms with Gasteiger partial charge < -0.3 is 0 Å². The summed E-state index contributed by atoms with van der Waals surface area (Å²) in [6.45, 7) is 4.84. The number of hydrogen-bond donors (Lipinski definition) is 0. The van der Waals surface area contributed by atoms with E-state index < -0.39 is 16.7 Å². The van der Waals surface area contributed by atoms with Crippen LogP contribution in [0.5, 0.6) is 0 Å². The van der Waals surface area contributed by atoms with Gasteiger partial charge in [-0.2, -0.15) is 8.42 Å². The predicted molar refractivity (Wildman–Crippen MR) is 84.6 cm³/mol. The molecule has 0 heterocycles. The predicted octanol–water partition coefficient (Wildman–Crippen LogP) is 4.08. The van der Waals surface area contributed by atoms with Gasteiger partial charge in [-0.1, -0.05) is 36.3 Å². The van der Waals surface area contributed by atoms with Crippen LogP contribution in [0.15, 0.2) is 40.8 Å². The molecular weight excluding hydrogens is 284 g/mol. The molecule has 1 aliphatic rings. The van der Waals surface area contributed by atoms with Gasteiger partial charge in [-0.05, 0) is 57.1 Å². The van der Waals surface area contributed by atoms with Crippen molar-refractivity contribution in [3.8, 4) is 0 Å². The largest absolute Gasteiger partial charge is 0.296 e. The van der Waals surface area contributed by atoms with Gasteiger partial charge in [0.2, 0.25) is 0 Å². The Kier molecular flexibility index (Phi) is 4.76. The molecule has 0 spiro atoms. The normalized spacial score (nSPS) is 23.1. The van der Waals surface area contributed by atoms with Gasteiger partial charge in [-0.25, -0.2) is 0 Å². The Labute approximate surface area is 129 Å². The quantitative estimate of drug-likeness (QED) is 0.608. The average Bonchev–Trinajstić information content (AvgIpc) is 2.47. The van der Waals surface area contributed by atoms with Crippen molar-refractivity contribution in [2.24, 2.45) is 11.8 Å². The van der Waals surface area contributed by atoms with Gasteiger partial charge in [0.25, 0.3) is 10.1 Å². The van der Waals surface area contributed by atoms with E-state index in [1.54, 1.807) is 12.1 Å². The van der Waals surface area contributed by atoms with E-state index in [2.05, 4.69) is 13.0 Å². The molecule has 1 aromatic rings. The second-order valence-corrected chi connectivity index (χ2v) is 7.52. The van der Waals surface area contributed by atoms with E-state index in [4.69, 9.17) is 5.55 Å². The lowest BCUT2D eigenvalue weighted by Gasteiger charge is -2.26. The Bertz CT molecular complexity index is 634. The molecule has 3 atom stereocenters. The lowest BCUT2D eigenvalue weighted by atomic mass is 9.82. The average molecular weight is 310 g/mol. The third-order valence-electron chi connectivity index (χ3n) is 4.13. The molecule has 2 unspecified atom stereocenters. The Morgan fingerprint density at radius 2 is 2.00 bits per heavy atom. The minimum Gasteiger partial charge on any atom is -0.266 e. The van der Waals surface area contributed by atoms with Gasteiger partial charge in [0, 0.05) is 0 Å². The zero-order valence-electron chi connectivity index (χ0n) is 13.9. The van der Waals surface area contributed by atoms with Gasteiger partial charge >= 0.3 is 0 Å². The monoisotopic (exact) mass is 310 g/mol. The summed E-state index contributed by atoms with van der Waals surface area (Å²) in [7, 11) is -3.87. The first-order valence-electron chi connectivity index (χ1n) is 7.95. The number of hydrogen-bond acceptors (Lipinski definition) is 3. The molecule has 4 heteroatoms.